The van der Waals surface area contributed by atoms with Crippen molar-refractivity contribution in [1.82, 2.24) is 4.90 Å². The molecule has 9 heteroatoms. The predicted octanol–water partition coefficient (Wildman–Crippen LogP) is 2.93. The number of fused-ring (bicyclic) bond motifs is 2. The summed E-state index contributed by atoms with van der Waals surface area (Å²) in [6.07, 6.45) is 3.09. The number of anilines is 1. The van der Waals surface area contributed by atoms with E-state index in [0.717, 1.165) is 15.3 Å². The van der Waals surface area contributed by atoms with Crippen molar-refractivity contribution in [1.29, 1.82) is 5.26 Å². The molecule has 3 aliphatic rings. The summed E-state index contributed by atoms with van der Waals surface area (Å²) in [6.45, 7) is 3.94. The van der Waals surface area contributed by atoms with Crippen LogP contribution in [0.2, 0.25) is 0 Å². The lowest BCUT2D eigenvalue weighted by Crippen LogP contribution is -2.38. The highest BCUT2D eigenvalue weighted by atomic mass is 35.5. The molecule has 1 aromatic heterocycles. The number of carbonyl (C=O) groups is 3. The lowest BCUT2D eigenvalue weighted by Gasteiger charge is -2.29. The largest absolute Gasteiger partial charge is 0.370 e. The summed E-state index contributed by atoms with van der Waals surface area (Å²) >= 11 is 7.32. The minimum atomic E-state index is -0.500. The number of halogens is 1. The Kier molecular flexibility index (Phi) is 5.01. The van der Waals surface area contributed by atoms with Crippen LogP contribution in [0.3, 0.4) is 0 Å². The summed E-state index contributed by atoms with van der Waals surface area (Å²) in [7, 11) is 0. The third kappa shape index (κ3) is 3.59. The summed E-state index contributed by atoms with van der Waals surface area (Å²) < 4.78 is 5.78. The van der Waals surface area contributed by atoms with Gasteiger partial charge in [-0.15, -0.1) is 11.3 Å². The van der Waals surface area contributed by atoms with Gasteiger partial charge in [-0.25, -0.2) is 0 Å². The molecule has 0 saturated carbocycles. The normalized spacial score (nSPS) is 25.2. The molecule has 0 spiro atoms. The van der Waals surface area contributed by atoms with Crippen LogP contribution >= 0.6 is 22.9 Å². The molecule has 0 bridgehead atoms. The molecule has 0 aromatic carbocycles. The Balaban J connectivity index is 1.49. The molecule has 1 aliphatic carbocycles. The van der Waals surface area contributed by atoms with Gasteiger partial charge in [0.25, 0.3) is 0 Å². The number of nitrogens with zero attached hydrogens (tertiary/aromatic N) is 2. The van der Waals surface area contributed by atoms with Crippen LogP contribution in [0, 0.1) is 23.2 Å². The Morgan fingerprint density at radius 1 is 1.41 bits per heavy atom. The van der Waals surface area contributed by atoms with Crippen molar-refractivity contribution in [2.75, 3.05) is 11.9 Å². The number of nitriles is 1. The van der Waals surface area contributed by atoms with Crippen LogP contribution in [0.15, 0.2) is 11.1 Å². The number of ether oxygens (including phenoxy) is 1. The minimum absolute atomic E-state index is 0.334. The van der Waals surface area contributed by atoms with Crippen LogP contribution in [-0.2, 0) is 32.1 Å². The maximum Gasteiger partial charge on any atom is 0.245 e. The second kappa shape index (κ2) is 7.24. The topological polar surface area (TPSA) is 99.5 Å². The van der Waals surface area contributed by atoms with Crippen LogP contribution in [-0.4, -0.2) is 34.8 Å². The molecule has 2 aliphatic heterocycles. The molecule has 2 atom stereocenters. The fraction of sp³-hybridized carbons (Fsp3) is 0.500. The number of thiophene rings is 1. The lowest BCUT2D eigenvalue weighted by molar-refractivity contribution is -0.142. The number of imide groups is 1. The van der Waals surface area contributed by atoms with Crippen LogP contribution in [0.25, 0.3) is 0 Å². The van der Waals surface area contributed by atoms with E-state index >= 15 is 0 Å². The number of rotatable bonds is 3. The van der Waals surface area contributed by atoms with Crippen molar-refractivity contribution in [2.24, 2.45) is 11.8 Å². The van der Waals surface area contributed by atoms with Gasteiger partial charge in [0.1, 0.15) is 17.6 Å². The van der Waals surface area contributed by atoms with Crippen LogP contribution in [0.4, 0.5) is 5.00 Å². The van der Waals surface area contributed by atoms with Crippen molar-refractivity contribution < 1.29 is 19.1 Å². The van der Waals surface area contributed by atoms with Crippen molar-refractivity contribution >= 4 is 45.7 Å². The molecule has 1 fully saturated rings. The van der Waals surface area contributed by atoms with Crippen LogP contribution in [0.5, 0.6) is 0 Å². The first kappa shape index (κ1) is 20.1. The molecule has 3 heterocycles. The SMILES string of the molecule is CC1(C)Cc2c(sc(NC(=O)CN3C(=O)[C@H]4CC=C(Cl)C[C@@H]4C3=O)c2C#N)CO1. The quantitative estimate of drug-likeness (QED) is 0.739. The summed E-state index contributed by atoms with van der Waals surface area (Å²) in [5.41, 5.74) is 0.948. The number of likely N-dealkylation sites (tertiary alicyclic amines) is 1. The van der Waals surface area contributed by atoms with E-state index in [1.165, 1.54) is 11.3 Å². The summed E-state index contributed by atoms with van der Waals surface area (Å²) in [5, 5.41) is 13.3. The second-order valence-electron chi connectivity index (χ2n) is 8.16. The fourth-order valence-electron chi connectivity index (χ4n) is 4.12. The molecule has 1 N–H and O–H groups in total. The summed E-state index contributed by atoms with van der Waals surface area (Å²) in [6, 6.07) is 2.17. The second-order valence-corrected chi connectivity index (χ2v) is 9.75. The van der Waals surface area contributed by atoms with E-state index in [1.807, 2.05) is 13.8 Å². The predicted molar refractivity (Wildman–Crippen MR) is 107 cm³/mol. The summed E-state index contributed by atoms with van der Waals surface area (Å²) in [4.78, 5) is 39.7. The highest BCUT2D eigenvalue weighted by Crippen LogP contribution is 2.41. The minimum Gasteiger partial charge on any atom is -0.370 e. The van der Waals surface area contributed by atoms with Gasteiger partial charge in [-0.2, -0.15) is 5.26 Å². The molecule has 4 rings (SSSR count). The summed E-state index contributed by atoms with van der Waals surface area (Å²) in [5.74, 6) is -2.13. The third-order valence-corrected chi connectivity index (χ3v) is 7.04. The van der Waals surface area contributed by atoms with E-state index in [9.17, 15) is 19.6 Å². The highest BCUT2D eigenvalue weighted by Gasteiger charge is 2.48. The Labute approximate surface area is 177 Å². The molecule has 7 nitrogen and oxygen atoms in total. The van der Waals surface area contributed by atoms with Crippen molar-refractivity contribution in [3.8, 4) is 6.07 Å². The van der Waals surface area contributed by atoms with E-state index in [2.05, 4.69) is 11.4 Å². The van der Waals surface area contributed by atoms with E-state index < -0.39 is 17.7 Å². The van der Waals surface area contributed by atoms with E-state index in [0.29, 0.717) is 41.5 Å². The molecule has 152 valence electrons. The van der Waals surface area contributed by atoms with Gasteiger partial charge < -0.3 is 10.1 Å². The van der Waals surface area contributed by atoms with Crippen molar-refractivity contribution in [3.05, 3.63) is 27.1 Å². The van der Waals surface area contributed by atoms with Gasteiger partial charge in [0, 0.05) is 16.3 Å². The lowest BCUT2D eigenvalue weighted by atomic mass is 9.85. The average Bonchev–Trinajstić information content (AvgIpc) is 3.10. The van der Waals surface area contributed by atoms with Crippen LogP contribution in [0.1, 0.15) is 42.7 Å². The number of hydrogen-bond acceptors (Lipinski definition) is 6. The highest BCUT2D eigenvalue weighted by molar-refractivity contribution is 7.16. The molecule has 0 radical (unpaired) electrons. The molecule has 0 unspecified atom stereocenters. The zero-order valence-corrected chi connectivity index (χ0v) is 17.7. The van der Waals surface area contributed by atoms with Gasteiger partial charge >= 0.3 is 0 Å². The zero-order valence-electron chi connectivity index (χ0n) is 16.1. The van der Waals surface area contributed by atoms with Gasteiger partial charge in [-0.05, 0) is 32.3 Å². The van der Waals surface area contributed by atoms with Crippen molar-refractivity contribution in [3.63, 3.8) is 0 Å². The van der Waals surface area contributed by atoms with Crippen LogP contribution < -0.4 is 5.32 Å². The molecule has 1 aromatic rings. The van der Waals surface area contributed by atoms with Gasteiger partial charge in [0.05, 0.1) is 29.6 Å². The first-order valence-corrected chi connectivity index (χ1v) is 10.6. The maximum absolute atomic E-state index is 12.6. The number of carbonyl (C=O) groups excluding carboxylic acids is 3. The molecular weight excluding hydrogens is 414 g/mol. The van der Waals surface area contributed by atoms with Crippen molar-refractivity contribution in [2.45, 2.75) is 45.3 Å². The monoisotopic (exact) mass is 433 g/mol. The number of amides is 3. The van der Waals surface area contributed by atoms with E-state index in [4.69, 9.17) is 16.3 Å². The molecule has 29 heavy (non-hydrogen) atoms. The number of hydrogen-bond donors (Lipinski definition) is 1. The zero-order chi connectivity index (χ0) is 20.9. The Bertz CT molecular complexity index is 991. The third-order valence-electron chi connectivity index (χ3n) is 5.61. The fourth-order valence-corrected chi connectivity index (χ4v) is 5.47. The van der Waals surface area contributed by atoms with E-state index in [1.54, 1.807) is 6.08 Å². The average molecular weight is 434 g/mol. The first-order valence-electron chi connectivity index (χ1n) is 9.38. The Hall–Kier alpha value is -2.21. The molecular formula is C20H20ClN3O4S. The molecule has 1 saturated heterocycles. The van der Waals surface area contributed by atoms with Gasteiger partial charge in [0.2, 0.25) is 17.7 Å². The standard InChI is InChI=1S/C20H20ClN3O4S/c1-20(2)6-13-14(7-22)17(29-15(13)9-28-20)23-16(25)8-24-18(26)11-4-3-10(21)5-12(11)19(24)27/h3,11-12H,4-6,8-9H2,1-2H3,(H,23,25)/t11-,12-/m0/s1. The van der Waals surface area contributed by atoms with Gasteiger partial charge in [-0.3, -0.25) is 19.3 Å². The van der Waals surface area contributed by atoms with Gasteiger partial charge in [0.15, 0.2) is 0 Å². The number of nitrogens with one attached hydrogen (secondary N) is 1. The first-order chi connectivity index (χ1) is 13.7. The number of allylic oxidation sites excluding steroid dienone is 2. The van der Waals surface area contributed by atoms with E-state index in [-0.39, 0.29) is 24.0 Å². The Morgan fingerprint density at radius 3 is 2.86 bits per heavy atom. The molecule has 3 amide bonds. The Morgan fingerprint density at radius 2 is 2.14 bits per heavy atom. The maximum atomic E-state index is 12.6. The van der Waals surface area contributed by atoms with Gasteiger partial charge in [-0.1, -0.05) is 17.7 Å². The smallest absolute Gasteiger partial charge is 0.245 e.